The van der Waals surface area contributed by atoms with Crippen molar-refractivity contribution >= 4 is 23.2 Å². The number of anilines is 1. The van der Waals surface area contributed by atoms with Gasteiger partial charge >= 0.3 is 0 Å². The van der Waals surface area contributed by atoms with E-state index in [-0.39, 0.29) is 5.91 Å². The molecule has 0 heterocycles. The molecule has 0 aliphatic carbocycles. The molecule has 2 aromatic carbocycles. The number of benzene rings is 2. The van der Waals surface area contributed by atoms with Crippen LogP contribution >= 0.6 is 11.6 Å². The van der Waals surface area contributed by atoms with E-state index in [9.17, 15) is 4.79 Å². The topological polar surface area (TPSA) is 41.1 Å². The van der Waals surface area contributed by atoms with E-state index in [2.05, 4.69) is 36.6 Å². The van der Waals surface area contributed by atoms with E-state index < -0.39 is 0 Å². The highest BCUT2D eigenvalue weighted by Crippen LogP contribution is 2.23. The molecular weight excluding hydrogens is 320 g/mol. The lowest BCUT2D eigenvalue weighted by molar-refractivity contribution is -0.116. The molecule has 2 N–H and O–H groups in total. The maximum absolute atomic E-state index is 12.1. The Balaban J connectivity index is 1.70. The van der Waals surface area contributed by atoms with Crippen LogP contribution in [0.4, 0.5) is 5.69 Å². The molecule has 0 unspecified atom stereocenters. The maximum atomic E-state index is 12.1. The van der Waals surface area contributed by atoms with E-state index in [1.165, 1.54) is 11.1 Å². The molecule has 4 heteroatoms. The maximum Gasteiger partial charge on any atom is 0.225 e. The number of amides is 1. The van der Waals surface area contributed by atoms with Crippen molar-refractivity contribution in [1.82, 2.24) is 5.32 Å². The summed E-state index contributed by atoms with van der Waals surface area (Å²) in [6.45, 7) is 5.75. The number of carbonyl (C=O) groups excluding carboxylic acids is 1. The summed E-state index contributed by atoms with van der Waals surface area (Å²) in [4.78, 5) is 12.1. The van der Waals surface area contributed by atoms with Gasteiger partial charge in [-0.3, -0.25) is 4.79 Å². The van der Waals surface area contributed by atoms with Gasteiger partial charge in [0.2, 0.25) is 5.91 Å². The van der Waals surface area contributed by atoms with E-state index in [0.29, 0.717) is 18.9 Å². The van der Waals surface area contributed by atoms with Crippen molar-refractivity contribution in [2.24, 2.45) is 0 Å². The molecule has 0 atom stereocenters. The molecule has 128 valence electrons. The fraction of sp³-hybridized carbons (Fsp3) is 0.350. The third-order valence-corrected chi connectivity index (χ3v) is 4.10. The molecule has 2 aromatic rings. The molecule has 0 aliphatic rings. The Morgan fingerprint density at radius 2 is 1.88 bits per heavy atom. The van der Waals surface area contributed by atoms with E-state index >= 15 is 0 Å². The zero-order chi connectivity index (χ0) is 17.4. The smallest absolute Gasteiger partial charge is 0.225 e. The number of para-hydroxylation sites is 1. The standard InChI is InChI=1S/C20H25ClN2O/c1-15(2)18-8-3-4-9-19(18)23-20(24)11-13-22-12-10-16-6-5-7-17(21)14-16/h3-9,14-15,22H,10-13H2,1-2H3,(H,23,24). The molecule has 2 rings (SSSR count). The van der Waals surface area contributed by atoms with Gasteiger partial charge in [-0.1, -0.05) is 55.8 Å². The molecule has 0 spiro atoms. The molecule has 0 fully saturated rings. The fourth-order valence-electron chi connectivity index (χ4n) is 2.58. The van der Waals surface area contributed by atoms with Crippen LogP contribution in [0.1, 0.15) is 37.3 Å². The monoisotopic (exact) mass is 344 g/mol. The predicted molar refractivity (Wildman–Crippen MR) is 102 cm³/mol. The second-order valence-corrected chi connectivity index (χ2v) is 6.61. The van der Waals surface area contributed by atoms with Crippen molar-refractivity contribution in [2.75, 3.05) is 18.4 Å². The third-order valence-electron chi connectivity index (χ3n) is 3.87. The van der Waals surface area contributed by atoms with Crippen LogP contribution in [0.15, 0.2) is 48.5 Å². The van der Waals surface area contributed by atoms with E-state index in [0.717, 1.165) is 23.7 Å². The van der Waals surface area contributed by atoms with E-state index in [1.54, 1.807) is 0 Å². The van der Waals surface area contributed by atoms with Gasteiger partial charge in [0.1, 0.15) is 0 Å². The molecule has 0 radical (unpaired) electrons. The first-order valence-corrected chi connectivity index (χ1v) is 8.78. The lowest BCUT2D eigenvalue weighted by Crippen LogP contribution is -2.24. The van der Waals surface area contributed by atoms with Crippen LogP contribution in [0.3, 0.4) is 0 Å². The van der Waals surface area contributed by atoms with Gasteiger partial charge in [-0.25, -0.2) is 0 Å². The molecule has 0 bridgehead atoms. The largest absolute Gasteiger partial charge is 0.326 e. The normalized spacial score (nSPS) is 10.8. The molecule has 0 saturated carbocycles. The number of rotatable bonds is 8. The number of nitrogens with one attached hydrogen (secondary N) is 2. The first kappa shape index (κ1) is 18.5. The van der Waals surface area contributed by atoms with Crippen molar-refractivity contribution < 1.29 is 4.79 Å². The van der Waals surface area contributed by atoms with Crippen LogP contribution in [0.5, 0.6) is 0 Å². The Labute approximate surface area is 149 Å². The predicted octanol–water partition coefficient (Wildman–Crippen LogP) is 4.62. The number of halogens is 1. The van der Waals surface area contributed by atoms with Crippen LogP contribution in [0.2, 0.25) is 5.02 Å². The highest BCUT2D eigenvalue weighted by molar-refractivity contribution is 6.30. The van der Waals surface area contributed by atoms with Crippen molar-refractivity contribution in [3.63, 3.8) is 0 Å². The van der Waals surface area contributed by atoms with Crippen molar-refractivity contribution in [3.05, 3.63) is 64.7 Å². The SMILES string of the molecule is CC(C)c1ccccc1NC(=O)CCNCCc1cccc(Cl)c1. The Kier molecular flexibility index (Phi) is 7.29. The average Bonchev–Trinajstić information content (AvgIpc) is 2.55. The summed E-state index contributed by atoms with van der Waals surface area (Å²) in [7, 11) is 0. The first-order valence-electron chi connectivity index (χ1n) is 8.40. The third kappa shape index (κ3) is 5.99. The zero-order valence-electron chi connectivity index (χ0n) is 14.3. The van der Waals surface area contributed by atoms with Crippen molar-refractivity contribution in [3.8, 4) is 0 Å². The van der Waals surface area contributed by atoms with Crippen LogP contribution in [-0.2, 0) is 11.2 Å². The summed E-state index contributed by atoms with van der Waals surface area (Å²) in [6, 6.07) is 15.8. The van der Waals surface area contributed by atoms with Crippen LogP contribution < -0.4 is 10.6 Å². The summed E-state index contributed by atoms with van der Waals surface area (Å²) >= 11 is 5.97. The number of hydrogen-bond acceptors (Lipinski definition) is 2. The van der Waals surface area contributed by atoms with E-state index in [1.807, 2.05) is 36.4 Å². The molecular formula is C20H25ClN2O. The van der Waals surface area contributed by atoms with Gasteiger partial charge in [-0.2, -0.15) is 0 Å². The number of hydrogen-bond donors (Lipinski definition) is 2. The van der Waals surface area contributed by atoms with Gasteiger partial charge in [0, 0.05) is 23.7 Å². The quantitative estimate of drug-likeness (QED) is 0.686. The summed E-state index contributed by atoms with van der Waals surface area (Å²) in [6.07, 6.45) is 1.36. The number of carbonyl (C=O) groups is 1. The average molecular weight is 345 g/mol. The highest BCUT2D eigenvalue weighted by atomic mass is 35.5. The molecule has 0 saturated heterocycles. The molecule has 24 heavy (non-hydrogen) atoms. The van der Waals surface area contributed by atoms with Gasteiger partial charge in [0.05, 0.1) is 0 Å². The second-order valence-electron chi connectivity index (χ2n) is 6.17. The molecule has 1 amide bonds. The van der Waals surface area contributed by atoms with Gasteiger partial charge in [-0.15, -0.1) is 0 Å². The second kappa shape index (κ2) is 9.45. The highest BCUT2D eigenvalue weighted by Gasteiger charge is 2.08. The lowest BCUT2D eigenvalue weighted by atomic mass is 10.0. The minimum absolute atomic E-state index is 0.0401. The Morgan fingerprint density at radius 1 is 1.08 bits per heavy atom. The molecule has 3 nitrogen and oxygen atoms in total. The van der Waals surface area contributed by atoms with Crippen LogP contribution in [-0.4, -0.2) is 19.0 Å². The van der Waals surface area contributed by atoms with Crippen LogP contribution in [0.25, 0.3) is 0 Å². The van der Waals surface area contributed by atoms with Crippen molar-refractivity contribution in [1.29, 1.82) is 0 Å². The molecule has 0 aliphatic heterocycles. The Hall–Kier alpha value is -1.84. The van der Waals surface area contributed by atoms with Crippen molar-refractivity contribution in [2.45, 2.75) is 32.6 Å². The Morgan fingerprint density at radius 3 is 2.62 bits per heavy atom. The summed E-state index contributed by atoms with van der Waals surface area (Å²) < 4.78 is 0. The minimum atomic E-state index is 0.0401. The van der Waals surface area contributed by atoms with Gasteiger partial charge in [-0.05, 0) is 48.2 Å². The molecule has 0 aromatic heterocycles. The Bertz CT molecular complexity index is 670. The summed E-state index contributed by atoms with van der Waals surface area (Å²) in [5.74, 6) is 0.427. The summed E-state index contributed by atoms with van der Waals surface area (Å²) in [5, 5.41) is 7.07. The van der Waals surface area contributed by atoms with Crippen LogP contribution in [0, 0.1) is 0 Å². The summed E-state index contributed by atoms with van der Waals surface area (Å²) in [5.41, 5.74) is 3.28. The lowest BCUT2D eigenvalue weighted by Gasteiger charge is -2.13. The van der Waals surface area contributed by atoms with Gasteiger partial charge in [0.25, 0.3) is 0 Å². The zero-order valence-corrected chi connectivity index (χ0v) is 15.1. The first-order chi connectivity index (χ1) is 11.6. The van der Waals surface area contributed by atoms with Gasteiger partial charge < -0.3 is 10.6 Å². The van der Waals surface area contributed by atoms with Gasteiger partial charge in [0.15, 0.2) is 0 Å². The fourth-order valence-corrected chi connectivity index (χ4v) is 2.79. The minimum Gasteiger partial charge on any atom is -0.326 e. The van der Waals surface area contributed by atoms with E-state index in [4.69, 9.17) is 11.6 Å².